The molecule has 0 radical (unpaired) electrons. The number of hydrogen-bond acceptors (Lipinski definition) is 3. The van der Waals surface area contributed by atoms with Gasteiger partial charge in [-0.2, -0.15) is 11.8 Å². The maximum Gasteiger partial charge on any atom is 0.151 e. The second kappa shape index (κ2) is 7.59. The van der Waals surface area contributed by atoms with Crippen molar-refractivity contribution in [3.8, 4) is 0 Å². The molecule has 2 nitrogen and oxygen atoms in total. The third-order valence-electron chi connectivity index (χ3n) is 3.04. The van der Waals surface area contributed by atoms with Gasteiger partial charge < -0.3 is 0 Å². The van der Waals surface area contributed by atoms with Gasteiger partial charge in [0.15, 0.2) is 9.84 Å². The second-order valence-electron chi connectivity index (χ2n) is 4.66. The summed E-state index contributed by atoms with van der Waals surface area (Å²) in [7, 11) is -2.67. The van der Waals surface area contributed by atoms with Gasteiger partial charge >= 0.3 is 0 Å². The van der Waals surface area contributed by atoms with Gasteiger partial charge in [-0.25, -0.2) is 8.42 Å². The molecule has 1 atom stereocenters. The summed E-state index contributed by atoms with van der Waals surface area (Å²) in [5.41, 5.74) is 0. The molecule has 0 aromatic heterocycles. The topological polar surface area (TPSA) is 34.1 Å². The summed E-state index contributed by atoms with van der Waals surface area (Å²) >= 11 is 1.87. The molecule has 0 aliphatic carbocycles. The van der Waals surface area contributed by atoms with Crippen LogP contribution in [0.3, 0.4) is 0 Å². The number of unbranched alkanes of at least 4 members (excludes halogenated alkanes) is 5. The van der Waals surface area contributed by atoms with Crippen LogP contribution in [0.15, 0.2) is 0 Å². The Balaban J connectivity index is 1.92. The fraction of sp³-hybridized carbons (Fsp3) is 1.00. The smallest absolute Gasteiger partial charge is 0.151 e. The Kier molecular flexibility index (Phi) is 6.81. The van der Waals surface area contributed by atoms with E-state index in [1.807, 2.05) is 11.8 Å². The van der Waals surface area contributed by atoms with Crippen LogP contribution in [0.2, 0.25) is 0 Å². The first kappa shape index (κ1) is 14.4. The first-order chi connectivity index (χ1) is 7.64. The fourth-order valence-corrected chi connectivity index (χ4v) is 5.71. The summed E-state index contributed by atoms with van der Waals surface area (Å²) in [5.74, 6) is 1.99. The third kappa shape index (κ3) is 6.14. The molecule has 1 saturated heterocycles. The van der Waals surface area contributed by atoms with Gasteiger partial charge in [0, 0.05) is 5.25 Å². The molecule has 96 valence electrons. The third-order valence-corrected chi connectivity index (χ3v) is 6.42. The molecule has 0 aromatic carbocycles. The zero-order chi connectivity index (χ0) is 11.9. The Morgan fingerprint density at radius 2 is 1.81 bits per heavy atom. The van der Waals surface area contributed by atoms with Crippen molar-refractivity contribution < 1.29 is 8.42 Å². The standard InChI is InChI=1S/C12H24O2S2/c1-2-3-4-5-6-7-9-15-12-8-10-16(13,14)11-12/h12H,2-11H2,1H3. The molecule has 1 fully saturated rings. The molecular weight excluding hydrogens is 240 g/mol. The van der Waals surface area contributed by atoms with Crippen molar-refractivity contribution in [1.29, 1.82) is 0 Å². The zero-order valence-corrected chi connectivity index (χ0v) is 11.9. The second-order valence-corrected chi connectivity index (χ2v) is 8.30. The molecular formula is C12H24O2S2. The number of sulfone groups is 1. The number of hydrogen-bond donors (Lipinski definition) is 0. The number of thioether (sulfide) groups is 1. The minimum absolute atomic E-state index is 0.389. The van der Waals surface area contributed by atoms with Crippen molar-refractivity contribution in [2.75, 3.05) is 17.3 Å². The Bertz CT molecular complexity index is 273. The highest BCUT2D eigenvalue weighted by atomic mass is 32.2. The first-order valence-corrected chi connectivity index (χ1v) is 9.33. The van der Waals surface area contributed by atoms with Crippen LogP contribution in [0, 0.1) is 0 Å². The van der Waals surface area contributed by atoms with E-state index in [1.54, 1.807) is 0 Å². The summed E-state index contributed by atoms with van der Waals surface area (Å²) in [5, 5.41) is 0.389. The predicted octanol–water partition coefficient (Wildman–Crippen LogP) is 3.27. The molecule has 0 aromatic rings. The van der Waals surface area contributed by atoms with Gasteiger partial charge in [0.05, 0.1) is 11.5 Å². The van der Waals surface area contributed by atoms with E-state index >= 15 is 0 Å². The van der Waals surface area contributed by atoms with Crippen LogP contribution in [0.25, 0.3) is 0 Å². The largest absolute Gasteiger partial charge is 0.229 e. The molecule has 1 aliphatic rings. The van der Waals surface area contributed by atoms with Crippen LogP contribution in [-0.2, 0) is 9.84 Å². The van der Waals surface area contributed by atoms with Crippen molar-refractivity contribution in [3.63, 3.8) is 0 Å². The van der Waals surface area contributed by atoms with Gasteiger partial charge in [-0.3, -0.25) is 0 Å². The normalized spacial score (nSPS) is 23.7. The van der Waals surface area contributed by atoms with E-state index in [9.17, 15) is 8.42 Å². The lowest BCUT2D eigenvalue weighted by Crippen LogP contribution is -2.06. The van der Waals surface area contributed by atoms with Crippen molar-refractivity contribution in [3.05, 3.63) is 0 Å². The van der Waals surface area contributed by atoms with Crippen LogP contribution < -0.4 is 0 Å². The molecule has 0 N–H and O–H groups in total. The van der Waals surface area contributed by atoms with Crippen LogP contribution >= 0.6 is 11.8 Å². The minimum Gasteiger partial charge on any atom is -0.229 e. The van der Waals surface area contributed by atoms with Crippen molar-refractivity contribution in [2.45, 2.75) is 57.1 Å². The average molecular weight is 264 g/mol. The molecule has 0 saturated carbocycles. The molecule has 1 heterocycles. The van der Waals surface area contributed by atoms with Crippen molar-refractivity contribution >= 4 is 21.6 Å². The van der Waals surface area contributed by atoms with Gasteiger partial charge in [-0.1, -0.05) is 39.0 Å². The maximum atomic E-state index is 11.2. The van der Waals surface area contributed by atoms with Crippen LogP contribution in [-0.4, -0.2) is 30.9 Å². The molecule has 0 spiro atoms. The lowest BCUT2D eigenvalue weighted by molar-refractivity contribution is 0.602. The van der Waals surface area contributed by atoms with Gasteiger partial charge in [-0.05, 0) is 18.6 Å². The lowest BCUT2D eigenvalue weighted by Gasteiger charge is -2.06. The van der Waals surface area contributed by atoms with Crippen molar-refractivity contribution in [1.82, 2.24) is 0 Å². The van der Waals surface area contributed by atoms with E-state index in [1.165, 1.54) is 38.5 Å². The van der Waals surface area contributed by atoms with Gasteiger partial charge in [-0.15, -0.1) is 0 Å². The van der Waals surface area contributed by atoms with E-state index in [0.717, 1.165) is 12.2 Å². The predicted molar refractivity (Wildman–Crippen MR) is 72.9 cm³/mol. The summed E-state index contributed by atoms with van der Waals surface area (Å²) in [6.45, 7) is 2.23. The molecule has 1 unspecified atom stereocenters. The van der Waals surface area contributed by atoms with Gasteiger partial charge in [0.2, 0.25) is 0 Å². The summed E-state index contributed by atoms with van der Waals surface area (Å²) in [6, 6.07) is 0. The monoisotopic (exact) mass is 264 g/mol. The van der Waals surface area contributed by atoms with Crippen LogP contribution in [0.4, 0.5) is 0 Å². The van der Waals surface area contributed by atoms with E-state index in [4.69, 9.17) is 0 Å². The van der Waals surface area contributed by atoms with Crippen LogP contribution in [0.1, 0.15) is 51.9 Å². The Labute approximate surface area is 104 Å². The summed E-state index contributed by atoms with van der Waals surface area (Å²) < 4.78 is 22.5. The molecule has 1 rings (SSSR count). The number of rotatable bonds is 8. The average Bonchev–Trinajstić information content (AvgIpc) is 2.57. The van der Waals surface area contributed by atoms with Gasteiger partial charge in [0.1, 0.15) is 0 Å². The van der Waals surface area contributed by atoms with E-state index < -0.39 is 9.84 Å². The zero-order valence-electron chi connectivity index (χ0n) is 10.3. The van der Waals surface area contributed by atoms with Crippen LogP contribution in [0.5, 0.6) is 0 Å². The van der Waals surface area contributed by atoms with E-state index in [-0.39, 0.29) is 0 Å². The SMILES string of the molecule is CCCCCCCCSC1CCS(=O)(=O)C1. The van der Waals surface area contributed by atoms with Gasteiger partial charge in [0.25, 0.3) is 0 Å². The molecule has 0 amide bonds. The Morgan fingerprint density at radius 1 is 1.12 bits per heavy atom. The fourth-order valence-electron chi connectivity index (χ4n) is 2.02. The van der Waals surface area contributed by atoms with E-state index in [2.05, 4.69) is 6.92 Å². The first-order valence-electron chi connectivity index (χ1n) is 6.46. The summed E-state index contributed by atoms with van der Waals surface area (Å²) in [4.78, 5) is 0. The summed E-state index contributed by atoms with van der Waals surface area (Å²) in [6.07, 6.45) is 8.80. The lowest BCUT2D eigenvalue weighted by atomic mass is 10.1. The quantitative estimate of drug-likeness (QED) is 0.631. The highest BCUT2D eigenvalue weighted by molar-refractivity contribution is 8.01. The Hall–Kier alpha value is 0.300. The molecule has 4 heteroatoms. The van der Waals surface area contributed by atoms with Crippen molar-refractivity contribution in [2.24, 2.45) is 0 Å². The highest BCUT2D eigenvalue weighted by Gasteiger charge is 2.27. The minimum atomic E-state index is -2.67. The molecule has 1 aliphatic heterocycles. The molecule has 0 bridgehead atoms. The maximum absolute atomic E-state index is 11.2. The molecule has 16 heavy (non-hydrogen) atoms. The van der Waals surface area contributed by atoms with E-state index in [0.29, 0.717) is 16.8 Å². The Morgan fingerprint density at radius 3 is 2.44 bits per heavy atom. The highest BCUT2D eigenvalue weighted by Crippen LogP contribution is 2.25.